The zero-order valence-electron chi connectivity index (χ0n) is 14.3. The first-order valence-electron chi connectivity index (χ1n) is 7.78. The Labute approximate surface area is 152 Å². The maximum Gasteiger partial charge on any atom is 0.190 e. The molecule has 0 aliphatic heterocycles. The van der Waals surface area contributed by atoms with Crippen molar-refractivity contribution in [1.29, 1.82) is 0 Å². The zero-order valence-corrected chi connectivity index (χ0v) is 16.6. The van der Waals surface area contributed by atoms with Crippen LogP contribution in [0.1, 0.15) is 25.8 Å². The molecule has 1 rings (SSSR count). The molecule has 1 aromatic rings. The molecule has 0 saturated carbocycles. The van der Waals surface area contributed by atoms with Crippen molar-refractivity contribution in [2.24, 2.45) is 10.9 Å². The van der Waals surface area contributed by atoms with Gasteiger partial charge in [0, 0.05) is 26.7 Å². The number of hydrogen-bond acceptors (Lipinski definition) is 2. The Morgan fingerprint density at radius 1 is 1.18 bits per heavy atom. The average molecular weight is 418 g/mol. The molecule has 0 spiro atoms. The summed E-state index contributed by atoms with van der Waals surface area (Å²) in [5.41, 5.74) is 1.36. The lowest BCUT2D eigenvalue weighted by Gasteiger charge is -2.18. The minimum Gasteiger partial charge on any atom is -0.356 e. The highest BCUT2D eigenvalue weighted by Gasteiger charge is 2.01. The number of guanidine groups is 1. The molecule has 0 aliphatic carbocycles. The van der Waals surface area contributed by atoms with Gasteiger partial charge in [0.2, 0.25) is 0 Å². The highest BCUT2D eigenvalue weighted by molar-refractivity contribution is 14.0. The van der Waals surface area contributed by atoms with E-state index in [0.717, 1.165) is 38.6 Å². The number of benzene rings is 1. The molecule has 0 aromatic heterocycles. The van der Waals surface area contributed by atoms with Crippen molar-refractivity contribution in [3.63, 3.8) is 0 Å². The normalized spacial score (nSPS) is 11.5. The summed E-state index contributed by atoms with van der Waals surface area (Å²) in [4.78, 5) is 6.57. The molecule has 4 nitrogen and oxygen atoms in total. The van der Waals surface area contributed by atoms with Gasteiger partial charge in [-0.3, -0.25) is 4.99 Å². The van der Waals surface area contributed by atoms with Gasteiger partial charge in [-0.1, -0.05) is 44.2 Å². The first-order valence-corrected chi connectivity index (χ1v) is 7.78. The third-order valence-electron chi connectivity index (χ3n) is 3.21. The fourth-order valence-corrected chi connectivity index (χ4v) is 2.05. The van der Waals surface area contributed by atoms with E-state index in [2.05, 4.69) is 71.8 Å². The number of hydrogen-bond donors (Lipinski definition) is 2. The summed E-state index contributed by atoms with van der Waals surface area (Å²) < 4.78 is 0. The van der Waals surface area contributed by atoms with Gasteiger partial charge in [-0.2, -0.15) is 0 Å². The molecule has 0 fully saturated rings. The van der Waals surface area contributed by atoms with E-state index < -0.39 is 0 Å². The molecule has 2 N–H and O–H groups in total. The standard InChI is InChI=1S/C17H30N4.HI/c1-15(2)13-20-17(18-3)19-11-8-12-21(4)14-16-9-6-5-7-10-16;/h5-7,9-10,15H,8,11-14H2,1-4H3,(H2,18,19,20);1H. The van der Waals surface area contributed by atoms with E-state index in [1.807, 2.05) is 7.05 Å². The lowest BCUT2D eigenvalue weighted by atomic mass is 10.2. The Kier molecular flexibility index (Phi) is 12.2. The number of nitrogens with zero attached hydrogens (tertiary/aromatic N) is 2. The van der Waals surface area contributed by atoms with Crippen molar-refractivity contribution in [3.8, 4) is 0 Å². The average Bonchev–Trinajstić information content (AvgIpc) is 2.47. The maximum absolute atomic E-state index is 4.23. The van der Waals surface area contributed by atoms with Gasteiger partial charge in [-0.15, -0.1) is 24.0 Å². The first kappa shape index (κ1) is 21.2. The van der Waals surface area contributed by atoms with E-state index in [4.69, 9.17) is 0 Å². The third-order valence-corrected chi connectivity index (χ3v) is 3.21. The molecule has 1 aromatic carbocycles. The Morgan fingerprint density at radius 2 is 1.86 bits per heavy atom. The van der Waals surface area contributed by atoms with Crippen molar-refractivity contribution in [3.05, 3.63) is 35.9 Å². The molecule has 5 heteroatoms. The highest BCUT2D eigenvalue weighted by Crippen LogP contribution is 2.02. The molecular weight excluding hydrogens is 387 g/mol. The number of halogens is 1. The third kappa shape index (κ3) is 10.00. The summed E-state index contributed by atoms with van der Waals surface area (Å²) in [7, 11) is 3.98. The van der Waals surface area contributed by atoms with Crippen LogP contribution in [-0.4, -0.2) is 44.6 Å². The summed E-state index contributed by atoms with van der Waals surface area (Å²) in [5.74, 6) is 1.52. The lowest BCUT2D eigenvalue weighted by molar-refractivity contribution is 0.322. The van der Waals surface area contributed by atoms with E-state index >= 15 is 0 Å². The van der Waals surface area contributed by atoms with Gasteiger partial charge in [0.15, 0.2) is 5.96 Å². The monoisotopic (exact) mass is 418 g/mol. The van der Waals surface area contributed by atoms with Crippen LogP contribution in [0.4, 0.5) is 0 Å². The van der Waals surface area contributed by atoms with Gasteiger partial charge in [-0.05, 0) is 31.5 Å². The highest BCUT2D eigenvalue weighted by atomic mass is 127. The Balaban J connectivity index is 0.00000441. The van der Waals surface area contributed by atoms with Crippen LogP contribution in [0, 0.1) is 5.92 Å². The van der Waals surface area contributed by atoms with E-state index in [-0.39, 0.29) is 24.0 Å². The predicted octanol–water partition coefficient (Wildman–Crippen LogP) is 2.95. The maximum atomic E-state index is 4.23. The number of aliphatic imine (C=N–C) groups is 1. The largest absolute Gasteiger partial charge is 0.356 e. The number of rotatable bonds is 8. The summed E-state index contributed by atoms with van der Waals surface area (Å²) in [5, 5.41) is 6.68. The summed E-state index contributed by atoms with van der Waals surface area (Å²) >= 11 is 0. The lowest BCUT2D eigenvalue weighted by Crippen LogP contribution is -2.40. The zero-order chi connectivity index (χ0) is 15.5. The van der Waals surface area contributed by atoms with Crippen molar-refractivity contribution < 1.29 is 0 Å². The molecule has 0 radical (unpaired) electrons. The van der Waals surface area contributed by atoms with Gasteiger partial charge >= 0.3 is 0 Å². The van der Waals surface area contributed by atoms with Crippen LogP contribution in [0.5, 0.6) is 0 Å². The van der Waals surface area contributed by atoms with Crippen molar-refractivity contribution >= 4 is 29.9 Å². The molecule has 126 valence electrons. The SMILES string of the molecule is CN=C(NCCCN(C)Cc1ccccc1)NCC(C)C.I. The molecule has 0 unspecified atom stereocenters. The molecular formula is C17H31IN4. The minimum absolute atomic E-state index is 0. The van der Waals surface area contributed by atoms with Crippen LogP contribution in [0.15, 0.2) is 35.3 Å². The van der Waals surface area contributed by atoms with Crippen LogP contribution in [0.3, 0.4) is 0 Å². The van der Waals surface area contributed by atoms with E-state index in [9.17, 15) is 0 Å². The molecule has 22 heavy (non-hydrogen) atoms. The predicted molar refractivity (Wildman–Crippen MR) is 107 cm³/mol. The van der Waals surface area contributed by atoms with Gasteiger partial charge in [0.1, 0.15) is 0 Å². The van der Waals surface area contributed by atoms with Gasteiger partial charge < -0.3 is 15.5 Å². The smallest absolute Gasteiger partial charge is 0.190 e. The molecule has 0 amide bonds. The minimum atomic E-state index is 0. The van der Waals surface area contributed by atoms with Gasteiger partial charge in [0.25, 0.3) is 0 Å². The summed E-state index contributed by atoms with van der Waals surface area (Å²) in [6, 6.07) is 10.6. The Bertz CT molecular complexity index is 406. The topological polar surface area (TPSA) is 39.7 Å². The molecule has 0 atom stereocenters. The van der Waals surface area contributed by atoms with E-state index in [1.165, 1.54) is 5.56 Å². The Hall–Kier alpha value is -0.820. The molecule has 0 saturated heterocycles. The second-order valence-corrected chi connectivity index (χ2v) is 5.85. The van der Waals surface area contributed by atoms with E-state index in [1.54, 1.807) is 0 Å². The second-order valence-electron chi connectivity index (χ2n) is 5.85. The first-order chi connectivity index (χ1) is 10.1. The van der Waals surface area contributed by atoms with Crippen molar-refractivity contribution in [1.82, 2.24) is 15.5 Å². The summed E-state index contributed by atoms with van der Waals surface area (Å²) in [6.45, 7) is 8.35. The van der Waals surface area contributed by atoms with Crippen LogP contribution in [0.2, 0.25) is 0 Å². The van der Waals surface area contributed by atoms with E-state index in [0.29, 0.717) is 5.92 Å². The van der Waals surface area contributed by atoms with Crippen molar-refractivity contribution in [2.45, 2.75) is 26.8 Å². The Morgan fingerprint density at radius 3 is 2.45 bits per heavy atom. The van der Waals surface area contributed by atoms with Crippen LogP contribution >= 0.6 is 24.0 Å². The van der Waals surface area contributed by atoms with Crippen LogP contribution < -0.4 is 10.6 Å². The van der Waals surface area contributed by atoms with Gasteiger partial charge in [-0.25, -0.2) is 0 Å². The summed E-state index contributed by atoms with van der Waals surface area (Å²) in [6.07, 6.45) is 1.10. The van der Waals surface area contributed by atoms with Crippen LogP contribution in [0.25, 0.3) is 0 Å². The van der Waals surface area contributed by atoms with Crippen molar-refractivity contribution in [2.75, 3.05) is 33.7 Å². The second kappa shape index (κ2) is 12.7. The fourth-order valence-electron chi connectivity index (χ4n) is 2.05. The molecule has 0 heterocycles. The number of nitrogens with one attached hydrogen (secondary N) is 2. The molecule has 0 aliphatic rings. The quantitative estimate of drug-likeness (QED) is 0.295. The fraction of sp³-hybridized carbons (Fsp3) is 0.588. The van der Waals surface area contributed by atoms with Crippen LogP contribution in [-0.2, 0) is 6.54 Å². The molecule has 0 bridgehead atoms. The van der Waals surface area contributed by atoms with Gasteiger partial charge in [0.05, 0.1) is 0 Å².